The minimum Gasteiger partial charge on any atom is -0.493 e. The Morgan fingerprint density at radius 1 is 1.00 bits per heavy atom. The second-order valence-corrected chi connectivity index (χ2v) is 5.41. The van der Waals surface area contributed by atoms with Crippen molar-refractivity contribution in [2.24, 2.45) is 0 Å². The van der Waals surface area contributed by atoms with Crippen LogP contribution in [-0.2, 0) is 11.2 Å². The van der Waals surface area contributed by atoms with Gasteiger partial charge in [-0.25, -0.2) is 0 Å². The van der Waals surface area contributed by atoms with Gasteiger partial charge in [-0.2, -0.15) is 0 Å². The lowest BCUT2D eigenvalue weighted by atomic mass is 10.1. The van der Waals surface area contributed by atoms with Gasteiger partial charge in [0, 0.05) is 5.56 Å². The van der Waals surface area contributed by atoms with Gasteiger partial charge in [-0.1, -0.05) is 49.2 Å². The molecule has 2 aromatic rings. The highest BCUT2D eigenvalue weighted by Crippen LogP contribution is 2.29. The van der Waals surface area contributed by atoms with Crippen LogP contribution in [0.1, 0.15) is 30.0 Å². The third-order valence-electron chi connectivity index (χ3n) is 3.62. The largest absolute Gasteiger partial charge is 0.493 e. The molecule has 0 unspecified atom stereocenters. The number of methoxy groups -OCH3 is 2. The maximum atomic E-state index is 5.79. The molecule has 0 aliphatic rings. The molecule has 2 aromatic carbocycles. The Bertz CT molecular complexity index is 657. The molecule has 0 radical (unpaired) electrons. The molecule has 0 saturated heterocycles. The Kier molecular flexibility index (Phi) is 6.10. The molecule has 2 rings (SSSR count). The summed E-state index contributed by atoms with van der Waals surface area (Å²) >= 11 is 0. The SMILES string of the molecule is CCCc1ccc(OC=C(OC)c2ccc(C)cc2)c(OC)c1. The van der Waals surface area contributed by atoms with Crippen molar-refractivity contribution in [3.8, 4) is 11.5 Å². The molecule has 0 atom stereocenters. The summed E-state index contributed by atoms with van der Waals surface area (Å²) in [5.41, 5.74) is 3.42. The van der Waals surface area contributed by atoms with Crippen LogP contribution >= 0.6 is 0 Å². The van der Waals surface area contributed by atoms with Crippen LogP contribution in [0, 0.1) is 6.92 Å². The van der Waals surface area contributed by atoms with E-state index in [1.54, 1.807) is 20.5 Å². The Hall–Kier alpha value is -2.42. The lowest BCUT2D eigenvalue weighted by Gasteiger charge is -2.11. The first-order valence-corrected chi connectivity index (χ1v) is 7.82. The average molecular weight is 312 g/mol. The van der Waals surface area contributed by atoms with Crippen LogP contribution in [0.2, 0.25) is 0 Å². The Morgan fingerprint density at radius 3 is 2.35 bits per heavy atom. The van der Waals surface area contributed by atoms with Crippen molar-refractivity contribution in [3.63, 3.8) is 0 Å². The fourth-order valence-corrected chi connectivity index (χ4v) is 2.32. The first kappa shape index (κ1) is 16.9. The van der Waals surface area contributed by atoms with Crippen LogP contribution in [0.15, 0.2) is 48.7 Å². The Labute approximate surface area is 138 Å². The summed E-state index contributed by atoms with van der Waals surface area (Å²) in [6.07, 6.45) is 3.74. The molecule has 0 spiro atoms. The van der Waals surface area contributed by atoms with E-state index in [9.17, 15) is 0 Å². The average Bonchev–Trinajstić information content (AvgIpc) is 2.58. The zero-order chi connectivity index (χ0) is 16.7. The van der Waals surface area contributed by atoms with Gasteiger partial charge >= 0.3 is 0 Å². The van der Waals surface area contributed by atoms with E-state index in [2.05, 4.69) is 19.9 Å². The normalized spacial score (nSPS) is 11.2. The van der Waals surface area contributed by atoms with E-state index in [-0.39, 0.29) is 0 Å². The topological polar surface area (TPSA) is 27.7 Å². The molecule has 0 aliphatic carbocycles. The summed E-state index contributed by atoms with van der Waals surface area (Å²) < 4.78 is 16.6. The van der Waals surface area contributed by atoms with Gasteiger partial charge in [-0.3, -0.25) is 0 Å². The van der Waals surface area contributed by atoms with Gasteiger partial charge in [0.15, 0.2) is 17.3 Å². The van der Waals surface area contributed by atoms with Crippen molar-refractivity contribution in [1.29, 1.82) is 0 Å². The van der Waals surface area contributed by atoms with E-state index in [0.717, 1.165) is 24.2 Å². The van der Waals surface area contributed by atoms with Crippen LogP contribution in [-0.4, -0.2) is 14.2 Å². The number of benzene rings is 2. The summed E-state index contributed by atoms with van der Waals surface area (Å²) in [6, 6.07) is 14.1. The standard InChI is InChI=1S/C20H24O3/c1-5-6-16-9-12-18(19(13-16)21-3)23-14-20(22-4)17-10-7-15(2)8-11-17/h7-14H,5-6H2,1-4H3. The highest BCUT2D eigenvalue weighted by molar-refractivity contribution is 5.59. The lowest BCUT2D eigenvalue weighted by molar-refractivity contribution is 0.342. The minimum atomic E-state index is 0.671. The molecule has 3 nitrogen and oxygen atoms in total. The van der Waals surface area contributed by atoms with E-state index in [1.165, 1.54) is 11.1 Å². The van der Waals surface area contributed by atoms with Crippen LogP contribution < -0.4 is 9.47 Å². The van der Waals surface area contributed by atoms with Gasteiger partial charge in [-0.15, -0.1) is 0 Å². The van der Waals surface area contributed by atoms with E-state index in [0.29, 0.717) is 11.5 Å². The fraction of sp³-hybridized carbons (Fsp3) is 0.300. The molecule has 0 fully saturated rings. The number of hydrogen-bond acceptors (Lipinski definition) is 3. The monoisotopic (exact) mass is 312 g/mol. The molecule has 3 heteroatoms. The van der Waals surface area contributed by atoms with Crippen LogP contribution in [0.5, 0.6) is 11.5 Å². The van der Waals surface area contributed by atoms with Crippen molar-refractivity contribution < 1.29 is 14.2 Å². The maximum absolute atomic E-state index is 5.79. The number of rotatable bonds is 7. The number of hydrogen-bond donors (Lipinski definition) is 0. The predicted molar refractivity (Wildman–Crippen MR) is 93.8 cm³/mol. The van der Waals surface area contributed by atoms with Crippen LogP contribution in [0.3, 0.4) is 0 Å². The molecular weight excluding hydrogens is 288 g/mol. The third-order valence-corrected chi connectivity index (χ3v) is 3.62. The highest BCUT2D eigenvalue weighted by Gasteiger charge is 2.07. The molecule has 0 heterocycles. The smallest absolute Gasteiger partial charge is 0.168 e. The molecule has 0 aromatic heterocycles. The van der Waals surface area contributed by atoms with Gasteiger partial charge in [-0.05, 0) is 31.0 Å². The van der Waals surface area contributed by atoms with Gasteiger partial charge in [0.25, 0.3) is 0 Å². The molecule has 122 valence electrons. The Morgan fingerprint density at radius 2 is 1.74 bits per heavy atom. The summed E-state index contributed by atoms with van der Waals surface area (Å²) in [6.45, 7) is 4.21. The first-order chi connectivity index (χ1) is 11.2. The molecule has 0 bridgehead atoms. The minimum absolute atomic E-state index is 0.671. The van der Waals surface area contributed by atoms with Crippen molar-refractivity contribution >= 4 is 5.76 Å². The van der Waals surface area contributed by atoms with Gasteiger partial charge < -0.3 is 14.2 Å². The molecule has 0 aliphatic heterocycles. The summed E-state index contributed by atoms with van der Waals surface area (Å²) in [5.74, 6) is 2.07. The van der Waals surface area contributed by atoms with Crippen molar-refractivity contribution in [2.45, 2.75) is 26.7 Å². The van der Waals surface area contributed by atoms with Gasteiger partial charge in [0.1, 0.15) is 6.26 Å². The van der Waals surface area contributed by atoms with Gasteiger partial charge in [0.05, 0.1) is 14.2 Å². The number of aryl methyl sites for hydroxylation is 2. The molecule has 23 heavy (non-hydrogen) atoms. The summed E-state index contributed by atoms with van der Waals surface area (Å²) in [5, 5.41) is 0. The predicted octanol–water partition coefficient (Wildman–Crippen LogP) is 4.98. The first-order valence-electron chi connectivity index (χ1n) is 7.82. The second kappa shape index (κ2) is 8.28. The third kappa shape index (κ3) is 4.52. The van der Waals surface area contributed by atoms with Crippen LogP contribution in [0.4, 0.5) is 0 Å². The number of ether oxygens (including phenoxy) is 3. The van der Waals surface area contributed by atoms with Crippen LogP contribution in [0.25, 0.3) is 5.76 Å². The highest BCUT2D eigenvalue weighted by atomic mass is 16.5. The molecule has 0 amide bonds. The summed E-state index contributed by atoms with van der Waals surface area (Å²) in [4.78, 5) is 0. The lowest BCUT2D eigenvalue weighted by Crippen LogP contribution is -1.95. The quantitative estimate of drug-likeness (QED) is 0.675. The van der Waals surface area contributed by atoms with E-state index in [4.69, 9.17) is 14.2 Å². The summed E-state index contributed by atoms with van der Waals surface area (Å²) in [7, 11) is 3.29. The molecule has 0 N–H and O–H groups in total. The van der Waals surface area contributed by atoms with E-state index >= 15 is 0 Å². The van der Waals surface area contributed by atoms with Gasteiger partial charge in [0.2, 0.25) is 0 Å². The van der Waals surface area contributed by atoms with E-state index in [1.807, 2.05) is 36.4 Å². The zero-order valence-corrected chi connectivity index (χ0v) is 14.3. The van der Waals surface area contributed by atoms with E-state index < -0.39 is 0 Å². The van der Waals surface area contributed by atoms with Crippen molar-refractivity contribution in [3.05, 3.63) is 65.4 Å². The van der Waals surface area contributed by atoms with Crippen molar-refractivity contribution in [1.82, 2.24) is 0 Å². The molecular formula is C20H24O3. The molecule has 0 saturated carbocycles. The fourth-order valence-electron chi connectivity index (χ4n) is 2.32. The van der Waals surface area contributed by atoms with Crippen molar-refractivity contribution in [2.75, 3.05) is 14.2 Å². The maximum Gasteiger partial charge on any atom is 0.168 e. The zero-order valence-electron chi connectivity index (χ0n) is 14.3. The second-order valence-electron chi connectivity index (χ2n) is 5.41. The Balaban J connectivity index is 2.21.